The van der Waals surface area contributed by atoms with Gasteiger partial charge >= 0.3 is 11.9 Å². The van der Waals surface area contributed by atoms with Gasteiger partial charge < -0.3 is 94.8 Å². The van der Waals surface area contributed by atoms with Gasteiger partial charge in [-0.3, -0.25) is 47.9 Å². The van der Waals surface area contributed by atoms with Crippen molar-refractivity contribution < 1.29 is 78.3 Å². The number of rotatable bonds is 39. The minimum Gasteiger partial charge on any atom is -0.480 e. The van der Waals surface area contributed by atoms with Crippen molar-refractivity contribution in [2.75, 3.05) is 18.6 Å². The van der Waals surface area contributed by atoms with Crippen LogP contribution in [0.5, 0.6) is 0 Å². The van der Waals surface area contributed by atoms with Gasteiger partial charge in [0.1, 0.15) is 60.4 Å². The van der Waals surface area contributed by atoms with Gasteiger partial charge in [0.25, 0.3) is 0 Å². The van der Waals surface area contributed by atoms with Crippen molar-refractivity contribution in [3.63, 3.8) is 0 Å². The number of carboxylic acid groups (broad SMARTS) is 2. The number of aliphatic hydroxyl groups is 3. The summed E-state index contributed by atoms with van der Waals surface area (Å²) in [5.41, 5.74) is 11.9. The summed E-state index contributed by atoms with van der Waals surface area (Å²) in [5.74, 6) is -12.1. The van der Waals surface area contributed by atoms with Gasteiger partial charge in [-0.25, -0.2) is 14.8 Å². The maximum Gasteiger partial charge on any atom is 0.326 e. The molecule has 31 nitrogen and oxygen atoms in total. The van der Waals surface area contributed by atoms with Crippen LogP contribution >= 0.6 is 11.8 Å². The van der Waals surface area contributed by atoms with Gasteiger partial charge in [0.2, 0.25) is 53.2 Å². The third-order valence-corrected chi connectivity index (χ3v) is 15.9. The Morgan fingerprint density at radius 3 is 1.13 bits per heavy atom. The lowest BCUT2D eigenvalue weighted by Gasteiger charge is -2.32. The van der Waals surface area contributed by atoms with E-state index in [0.717, 1.165) is 6.42 Å². The summed E-state index contributed by atoms with van der Waals surface area (Å²) in [6.45, 7) is 18.7. The van der Waals surface area contributed by atoms with E-state index in [0.29, 0.717) is 36.4 Å². The fourth-order valence-electron chi connectivity index (χ4n) is 8.44. The molecule has 32 heteroatoms. The number of aromatic nitrogens is 4. The van der Waals surface area contributed by atoms with Crippen LogP contribution in [0.15, 0.2) is 25.0 Å². The average molecular weight is 1280 g/mol. The summed E-state index contributed by atoms with van der Waals surface area (Å²) in [5, 5.41) is 72.4. The molecular weight excluding hydrogens is 1180 g/mol. The number of thioether (sulfide) groups is 1. The number of carbonyl (C=O) groups is 11. The van der Waals surface area contributed by atoms with Gasteiger partial charge in [-0.2, -0.15) is 11.8 Å². The zero-order valence-electron chi connectivity index (χ0n) is 53.2. The Hall–Kier alpha value is -7.26. The molecule has 0 aliphatic heterocycles. The zero-order valence-corrected chi connectivity index (χ0v) is 54.1. The van der Waals surface area contributed by atoms with Crippen LogP contribution in [0.1, 0.15) is 127 Å². The van der Waals surface area contributed by atoms with Crippen LogP contribution in [-0.2, 0) is 65.6 Å². The molecule has 2 rings (SSSR count). The fourth-order valence-corrected chi connectivity index (χ4v) is 8.93. The smallest absolute Gasteiger partial charge is 0.326 e. The topological polar surface area (TPSA) is 507 Å². The minimum atomic E-state index is -1.73. The number of nitrogens with one attached hydrogen (secondary N) is 11. The van der Waals surface area contributed by atoms with Crippen LogP contribution in [0.2, 0.25) is 0 Å². The van der Waals surface area contributed by atoms with Gasteiger partial charge in [0, 0.05) is 36.6 Å². The number of H-pyrrole nitrogens is 2. The van der Waals surface area contributed by atoms with E-state index >= 15 is 0 Å². The van der Waals surface area contributed by atoms with E-state index < -0.39 is 174 Å². The number of hydrogen-bond donors (Lipinski definition) is 18. The third kappa shape index (κ3) is 26.8. The predicted octanol–water partition coefficient (Wildman–Crippen LogP) is -2.56. The maximum absolute atomic E-state index is 14.4. The number of nitrogens with two attached hydrogens (primary N) is 2. The standard InChI is InChI=1S/C51H86N14O14S.C6H13NO2/c1-12-25(6)37(47(74)62-38(26(7)13-2)48(75)65-41(29(10)68)50(77)58-34(18-31-20-54-23-56-31)44(71)63-39(51(78)79)27(8)14-3)61-46(73)36(24(4)5)60-43(70)33(17-30-19-53-22-55-30)57-49(76)40(28(9)67)64-45(72)35(21-66)59-42(69)32(52)15-16-80-11;1-3-4(2)5(7)6(8)9/h19-20,22-29,32-41,66-68H,12-18,21,52H2,1-11H3,(H,53,55)(H,54,56)(H,57,76)(H,58,77)(H,59,69)(H,60,70)(H,61,73)(H,62,74)(H,63,71)(H,64,72)(H,65,75)(H,78,79);4-5H,3,7H2,1-2H3,(H,8,9)/t25?,26?,27?,28?,29?,32?,33?,34?,35?,36?,37?,38?,39-,40?,41?;/m1./s1. The number of aromatic amines is 2. The molecule has 0 spiro atoms. The Morgan fingerprint density at radius 2 is 0.809 bits per heavy atom. The number of nitrogens with zero attached hydrogens (tertiary/aromatic N) is 2. The third-order valence-electron chi connectivity index (χ3n) is 15.3. The van der Waals surface area contributed by atoms with Crippen LogP contribution in [0.25, 0.3) is 0 Å². The van der Waals surface area contributed by atoms with Crippen molar-refractivity contribution in [3.8, 4) is 0 Å². The van der Waals surface area contributed by atoms with E-state index in [2.05, 4.69) is 67.8 Å². The molecule has 0 aliphatic rings. The van der Waals surface area contributed by atoms with E-state index in [1.54, 1.807) is 55.4 Å². The predicted molar refractivity (Wildman–Crippen MR) is 329 cm³/mol. The Labute approximate surface area is 523 Å². The lowest BCUT2D eigenvalue weighted by Crippen LogP contribution is -2.64. The van der Waals surface area contributed by atoms with Crippen LogP contribution in [0.4, 0.5) is 0 Å². The molecule has 0 saturated heterocycles. The maximum atomic E-state index is 14.4. The van der Waals surface area contributed by atoms with Crippen molar-refractivity contribution in [1.29, 1.82) is 0 Å². The van der Waals surface area contributed by atoms with Crippen molar-refractivity contribution in [2.45, 2.75) is 207 Å². The summed E-state index contributed by atoms with van der Waals surface area (Å²) in [7, 11) is 0. The number of carboxylic acids is 2. The molecule has 17 atom stereocenters. The normalized spacial score (nSPS) is 17.0. The Bertz CT molecular complexity index is 2560. The second-order valence-corrected chi connectivity index (χ2v) is 23.7. The monoisotopic (exact) mass is 1280 g/mol. The molecule has 20 N–H and O–H groups in total. The van der Waals surface area contributed by atoms with Gasteiger partial charge in [-0.15, -0.1) is 0 Å². The summed E-state index contributed by atoms with van der Waals surface area (Å²) in [4.78, 5) is 160. The molecule has 0 aliphatic carbocycles. The van der Waals surface area contributed by atoms with Crippen LogP contribution in [0.3, 0.4) is 0 Å². The van der Waals surface area contributed by atoms with Gasteiger partial charge in [0.05, 0.1) is 37.5 Å². The molecule has 0 saturated carbocycles. The first-order valence-electron chi connectivity index (χ1n) is 29.9. The quantitative estimate of drug-likeness (QED) is 0.0327. The SMILES string of the molecule is CCC(C)C(N)C(=O)O.CCC(C)C(NC(=O)C(NC(=O)C(Cc1cnc[nH]1)NC(=O)C(NC(=O)C(CO)NC(=O)C(N)CCSC)C(C)O)C(C)C)C(=O)NC(C(=O)NC(C(=O)NC(Cc1cnc[nH]1)C(=O)N[C@@H](C(=O)O)C(C)CC)C(C)O)C(C)CC. The molecular formula is C57H99N15O16S. The molecule has 0 radical (unpaired) electrons. The highest BCUT2D eigenvalue weighted by atomic mass is 32.2. The number of imidazole rings is 2. The first kappa shape index (κ1) is 79.8. The number of hydrogen-bond acceptors (Lipinski definition) is 19. The lowest BCUT2D eigenvalue weighted by molar-refractivity contribution is -0.144. The van der Waals surface area contributed by atoms with Crippen LogP contribution < -0.4 is 59.3 Å². The first-order chi connectivity index (χ1) is 41.7. The largest absolute Gasteiger partial charge is 0.480 e. The molecule has 16 unspecified atom stereocenters. The number of carbonyl (C=O) groups excluding carboxylic acids is 9. The molecule has 2 heterocycles. The zero-order chi connectivity index (χ0) is 68.0. The molecule has 2 aromatic heterocycles. The van der Waals surface area contributed by atoms with Crippen LogP contribution in [0, 0.1) is 29.6 Å². The van der Waals surface area contributed by atoms with E-state index in [1.165, 1.54) is 50.7 Å². The summed E-state index contributed by atoms with van der Waals surface area (Å²) < 4.78 is 0. The van der Waals surface area contributed by atoms with Crippen molar-refractivity contribution >= 4 is 76.9 Å². The van der Waals surface area contributed by atoms with Gasteiger partial charge in [0.15, 0.2) is 0 Å². The van der Waals surface area contributed by atoms with E-state index in [4.69, 9.17) is 16.6 Å². The van der Waals surface area contributed by atoms with E-state index in [-0.39, 0.29) is 25.2 Å². The highest BCUT2D eigenvalue weighted by Gasteiger charge is 2.40. The fraction of sp³-hybridized carbons (Fsp3) is 0.702. The van der Waals surface area contributed by atoms with Gasteiger partial charge in [-0.05, 0) is 61.9 Å². The second-order valence-electron chi connectivity index (χ2n) is 22.7. The van der Waals surface area contributed by atoms with Crippen molar-refractivity contribution in [3.05, 3.63) is 36.4 Å². The Balaban J connectivity index is 0.00000405. The molecule has 89 heavy (non-hydrogen) atoms. The first-order valence-corrected chi connectivity index (χ1v) is 31.2. The molecule has 2 aromatic rings. The molecule has 9 amide bonds. The number of aliphatic carboxylic acids is 2. The molecule has 0 bridgehead atoms. The average Bonchev–Trinajstić information content (AvgIpc) is 3.43. The highest BCUT2D eigenvalue weighted by Crippen LogP contribution is 2.16. The summed E-state index contributed by atoms with van der Waals surface area (Å²) >= 11 is 1.45. The Kier molecular flexibility index (Phi) is 36.2. The Morgan fingerprint density at radius 1 is 0.472 bits per heavy atom. The highest BCUT2D eigenvalue weighted by molar-refractivity contribution is 7.98. The lowest BCUT2D eigenvalue weighted by atomic mass is 9.93. The second kappa shape index (κ2) is 40.4. The van der Waals surface area contributed by atoms with Gasteiger partial charge in [-0.1, -0.05) is 94.9 Å². The minimum absolute atomic E-state index is 0.0718. The van der Waals surface area contributed by atoms with Crippen LogP contribution in [-0.4, -0.2) is 208 Å². The molecule has 0 aromatic carbocycles. The summed E-state index contributed by atoms with van der Waals surface area (Å²) in [6.07, 6.45) is 5.83. The van der Waals surface area contributed by atoms with E-state index in [9.17, 15) is 73.2 Å². The summed E-state index contributed by atoms with van der Waals surface area (Å²) in [6, 6.07) is -15.0. The molecule has 0 fully saturated rings. The number of aliphatic hydroxyl groups excluding tert-OH is 3. The van der Waals surface area contributed by atoms with Crippen molar-refractivity contribution in [2.24, 2.45) is 41.1 Å². The number of amides is 9. The van der Waals surface area contributed by atoms with Crippen molar-refractivity contribution in [1.82, 2.24) is 67.8 Å². The molecule has 504 valence electrons. The van der Waals surface area contributed by atoms with E-state index in [1.807, 2.05) is 20.1 Å².